The van der Waals surface area contributed by atoms with Crippen LogP contribution in [-0.4, -0.2) is 12.1 Å². The Morgan fingerprint density at radius 1 is 1.52 bits per heavy atom. The predicted molar refractivity (Wildman–Crippen MR) is 77.2 cm³/mol. The van der Waals surface area contributed by atoms with E-state index in [1.54, 1.807) is 26.0 Å². The van der Waals surface area contributed by atoms with Gasteiger partial charge in [-0.3, -0.25) is 4.79 Å². The van der Waals surface area contributed by atoms with Gasteiger partial charge in [-0.1, -0.05) is 31.5 Å². The molecule has 0 amide bonds. The largest absolute Gasteiger partial charge is 0.457 e. The first-order chi connectivity index (χ1) is 10.6. The maximum absolute atomic E-state index is 12.5. The molecule has 23 heavy (non-hydrogen) atoms. The Kier molecular flexibility index (Phi) is 4.54. The Hall–Kier alpha value is -1.87. The minimum absolute atomic E-state index is 0.128. The van der Waals surface area contributed by atoms with Crippen molar-refractivity contribution in [3.8, 4) is 12.3 Å². The molecule has 0 unspecified atom stereocenters. The molecule has 0 N–H and O–H groups in total. The molecule has 7 heteroatoms. The van der Waals surface area contributed by atoms with Crippen molar-refractivity contribution >= 4 is 17.6 Å². The average molecular weight is 347 g/mol. The fraction of sp³-hybridized carbons (Fsp3) is 0.438. The molecule has 2 rings (SSSR count). The van der Waals surface area contributed by atoms with Gasteiger partial charge in [0.2, 0.25) is 0 Å². The van der Waals surface area contributed by atoms with E-state index in [9.17, 15) is 18.0 Å². The molecule has 0 aliphatic heterocycles. The molecule has 0 aromatic carbocycles. The van der Waals surface area contributed by atoms with Gasteiger partial charge >= 0.3 is 12.1 Å². The minimum atomic E-state index is -4.62. The summed E-state index contributed by atoms with van der Waals surface area (Å²) in [5.41, 5.74) is -0.643. The second-order valence-electron chi connectivity index (χ2n) is 5.86. The van der Waals surface area contributed by atoms with Crippen molar-refractivity contribution in [2.24, 2.45) is 17.3 Å². The van der Waals surface area contributed by atoms with E-state index in [1.165, 1.54) is 0 Å². The summed E-state index contributed by atoms with van der Waals surface area (Å²) < 4.78 is 47.7. The second-order valence-corrected chi connectivity index (χ2v) is 6.26. The highest BCUT2D eigenvalue weighted by Gasteiger charge is 2.62. The number of furan rings is 1. The van der Waals surface area contributed by atoms with Crippen LogP contribution in [0, 0.1) is 29.6 Å². The monoisotopic (exact) mass is 346 g/mol. The molecule has 1 aromatic rings. The van der Waals surface area contributed by atoms with E-state index in [1.807, 2.05) is 0 Å². The number of esters is 1. The van der Waals surface area contributed by atoms with Gasteiger partial charge in [0.25, 0.3) is 0 Å². The van der Waals surface area contributed by atoms with E-state index in [4.69, 9.17) is 27.2 Å². The first-order valence-electron chi connectivity index (χ1n) is 6.74. The average Bonchev–Trinajstić information content (AvgIpc) is 2.83. The van der Waals surface area contributed by atoms with Gasteiger partial charge in [-0.2, -0.15) is 13.2 Å². The number of alkyl halides is 3. The van der Waals surface area contributed by atoms with Gasteiger partial charge in [0.1, 0.15) is 17.4 Å². The topological polar surface area (TPSA) is 39.4 Å². The molecular weight excluding hydrogens is 333 g/mol. The van der Waals surface area contributed by atoms with Crippen molar-refractivity contribution in [3.05, 3.63) is 34.8 Å². The van der Waals surface area contributed by atoms with Crippen LogP contribution in [0.25, 0.3) is 0 Å². The van der Waals surface area contributed by atoms with Gasteiger partial charge in [-0.15, -0.1) is 6.42 Å². The number of carbonyl (C=O) groups is 1. The third-order valence-electron chi connectivity index (χ3n) is 3.92. The number of terminal acetylenes is 1. The van der Waals surface area contributed by atoms with Crippen LogP contribution in [0.3, 0.4) is 0 Å². The molecule has 2 atom stereocenters. The summed E-state index contributed by atoms with van der Waals surface area (Å²) in [6, 6.07) is 3.12. The highest BCUT2D eigenvalue weighted by Crippen LogP contribution is 2.60. The van der Waals surface area contributed by atoms with Gasteiger partial charge in [-0.05, 0) is 29.4 Å². The summed E-state index contributed by atoms with van der Waals surface area (Å²) in [4.78, 5) is 12.1. The standard InChI is InChI=1S/C16H14ClF3O3/c1-4-9-5-6-10(23-9)8-22-14(21)13-11(15(13,2)3)7-12(17)16(18,19)20/h1,5-7,11,13H,8H2,2-3H3/t11-,13-/m0/s1. The van der Waals surface area contributed by atoms with Gasteiger partial charge in [0.15, 0.2) is 5.76 Å². The molecular formula is C16H14ClF3O3. The van der Waals surface area contributed by atoms with Crippen LogP contribution in [0.5, 0.6) is 0 Å². The molecule has 1 heterocycles. The van der Waals surface area contributed by atoms with E-state index in [0.29, 0.717) is 11.5 Å². The number of allylic oxidation sites excluding steroid dienone is 2. The Balaban J connectivity index is 1.99. The summed E-state index contributed by atoms with van der Waals surface area (Å²) in [5.74, 6) is 1.06. The SMILES string of the molecule is C#Cc1ccc(COC(=O)[C@@H]2[C@H](C=C(Cl)C(F)(F)F)C2(C)C)o1. The van der Waals surface area contributed by atoms with Crippen LogP contribution in [0.15, 0.2) is 27.7 Å². The van der Waals surface area contributed by atoms with Crippen LogP contribution < -0.4 is 0 Å². The van der Waals surface area contributed by atoms with Gasteiger partial charge in [0, 0.05) is 0 Å². The Morgan fingerprint density at radius 3 is 2.70 bits per heavy atom. The number of hydrogen-bond acceptors (Lipinski definition) is 3. The van der Waals surface area contributed by atoms with Crippen molar-refractivity contribution in [1.82, 2.24) is 0 Å². The molecule has 1 aromatic heterocycles. The van der Waals surface area contributed by atoms with Crippen LogP contribution in [0.2, 0.25) is 0 Å². The molecule has 0 saturated heterocycles. The van der Waals surface area contributed by atoms with Gasteiger partial charge in [-0.25, -0.2) is 0 Å². The van der Waals surface area contributed by atoms with Crippen LogP contribution in [0.4, 0.5) is 13.2 Å². The van der Waals surface area contributed by atoms with Crippen LogP contribution in [0.1, 0.15) is 25.4 Å². The molecule has 1 aliphatic rings. The molecule has 1 aliphatic carbocycles. The Labute approximate surface area is 136 Å². The second kappa shape index (κ2) is 5.97. The summed E-state index contributed by atoms with van der Waals surface area (Å²) in [6.07, 6.45) is 1.41. The summed E-state index contributed by atoms with van der Waals surface area (Å²) >= 11 is 5.23. The molecule has 0 radical (unpaired) electrons. The van der Waals surface area contributed by atoms with Gasteiger partial charge < -0.3 is 9.15 Å². The quantitative estimate of drug-likeness (QED) is 0.604. The van der Waals surface area contributed by atoms with Crippen molar-refractivity contribution in [2.45, 2.75) is 26.6 Å². The highest BCUT2D eigenvalue weighted by molar-refractivity contribution is 6.30. The third-order valence-corrected chi connectivity index (χ3v) is 4.26. The first kappa shape index (κ1) is 17.5. The van der Waals surface area contributed by atoms with Crippen molar-refractivity contribution in [3.63, 3.8) is 0 Å². The zero-order chi connectivity index (χ0) is 17.4. The van der Waals surface area contributed by atoms with E-state index < -0.39 is 34.4 Å². The normalized spacial score (nSPS) is 23.3. The lowest BCUT2D eigenvalue weighted by Crippen LogP contribution is -2.10. The van der Waals surface area contributed by atoms with E-state index in [-0.39, 0.29) is 6.61 Å². The van der Waals surface area contributed by atoms with E-state index >= 15 is 0 Å². The maximum atomic E-state index is 12.5. The molecule has 0 bridgehead atoms. The Bertz CT molecular complexity index is 679. The van der Waals surface area contributed by atoms with Crippen molar-refractivity contribution in [2.75, 3.05) is 0 Å². The number of hydrogen-bond donors (Lipinski definition) is 0. The molecule has 0 spiro atoms. The number of carbonyl (C=O) groups excluding carboxylic acids is 1. The smallest absolute Gasteiger partial charge is 0.426 e. The molecule has 3 nitrogen and oxygen atoms in total. The lowest BCUT2D eigenvalue weighted by Gasteiger charge is -2.04. The fourth-order valence-corrected chi connectivity index (χ4v) is 2.59. The zero-order valence-corrected chi connectivity index (χ0v) is 13.2. The van der Waals surface area contributed by atoms with E-state index in [2.05, 4.69) is 5.92 Å². The van der Waals surface area contributed by atoms with Gasteiger partial charge in [0.05, 0.1) is 5.92 Å². The van der Waals surface area contributed by atoms with Crippen molar-refractivity contribution < 1.29 is 27.1 Å². The van der Waals surface area contributed by atoms with Crippen LogP contribution >= 0.6 is 11.6 Å². The first-order valence-corrected chi connectivity index (χ1v) is 7.11. The lowest BCUT2D eigenvalue weighted by atomic mass is 10.1. The minimum Gasteiger partial charge on any atom is -0.457 e. The summed E-state index contributed by atoms with van der Waals surface area (Å²) in [5, 5.41) is -1.23. The molecule has 124 valence electrons. The number of halogens is 4. The van der Waals surface area contributed by atoms with Crippen LogP contribution in [-0.2, 0) is 16.1 Å². The fourth-order valence-electron chi connectivity index (χ4n) is 2.46. The lowest BCUT2D eigenvalue weighted by molar-refractivity contribution is -0.148. The molecule has 1 fully saturated rings. The highest BCUT2D eigenvalue weighted by atomic mass is 35.5. The Morgan fingerprint density at radius 2 is 2.17 bits per heavy atom. The maximum Gasteiger partial charge on any atom is 0.426 e. The summed E-state index contributed by atoms with van der Waals surface area (Å²) in [7, 11) is 0. The number of ether oxygens (including phenoxy) is 1. The summed E-state index contributed by atoms with van der Waals surface area (Å²) in [6.45, 7) is 3.24. The predicted octanol–water partition coefficient (Wildman–Crippen LogP) is 4.26. The van der Waals surface area contributed by atoms with E-state index in [0.717, 1.165) is 6.08 Å². The zero-order valence-electron chi connectivity index (χ0n) is 12.4. The number of rotatable bonds is 4. The molecule has 1 saturated carbocycles. The van der Waals surface area contributed by atoms with Crippen molar-refractivity contribution in [1.29, 1.82) is 0 Å². The third kappa shape index (κ3) is 3.73.